The molecule has 3 aromatic heterocycles. The van der Waals surface area contributed by atoms with Gasteiger partial charge >= 0.3 is 5.69 Å². The first-order valence-corrected chi connectivity index (χ1v) is 8.71. The second kappa shape index (κ2) is 6.52. The van der Waals surface area contributed by atoms with Crippen LogP contribution in [0.25, 0.3) is 21.3 Å². The van der Waals surface area contributed by atoms with Crippen molar-refractivity contribution in [1.29, 1.82) is 0 Å². The Morgan fingerprint density at radius 2 is 2.12 bits per heavy atom. The Hall–Kier alpha value is -3.33. The molecule has 8 nitrogen and oxygen atoms in total. The molecule has 26 heavy (non-hydrogen) atoms. The van der Waals surface area contributed by atoms with E-state index in [1.54, 1.807) is 35.8 Å². The molecular formula is C17H13N5O3S. The quantitative estimate of drug-likeness (QED) is 0.562. The maximum atomic E-state index is 12.4. The number of pyridine rings is 1. The molecule has 4 aromatic rings. The van der Waals surface area contributed by atoms with E-state index >= 15 is 0 Å². The van der Waals surface area contributed by atoms with Gasteiger partial charge in [0.25, 0.3) is 11.5 Å². The number of benzene rings is 1. The van der Waals surface area contributed by atoms with E-state index < -0.39 is 11.2 Å². The number of fused-ring (bicyclic) bond motifs is 2. The van der Waals surface area contributed by atoms with Gasteiger partial charge in [-0.2, -0.15) is 0 Å². The first-order chi connectivity index (χ1) is 12.6. The van der Waals surface area contributed by atoms with Crippen molar-refractivity contribution in [3.63, 3.8) is 0 Å². The van der Waals surface area contributed by atoms with E-state index in [1.165, 1.54) is 17.5 Å². The lowest BCUT2D eigenvalue weighted by molar-refractivity contribution is 0.0952. The summed E-state index contributed by atoms with van der Waals surface area (Å²) in [6.45, 7) is 0.210. The first-order valence-electron chi connectivity index (χ1n) is 7.83. The van der Waals surface area contributed by atoms with Gasteiger partial charge in [-0.1, -0.05) is 0 Å². The van der Waals surface area contributed by atoms with Crippen molar-refractivity contribution < 1.29 is 4.79 Å². The third kappa shape index (κ3) is 2.88. The van der Waals surface area contributed by atoms with Crippen LogP contribution < -0.4 is 16.6 Å². The van der Waals surface area contributed by atoms with Crippen molar-refractivity contribution in [2.24, 2.45) is 0 Å². The fourth-order valence-corrected chi connectivity index (χ4v) is 3.38. The van der Waals surface area contributed by atoms with Gasteiger partial charge in [0.15, 0.2) is 0 Å². The number of thiazole rings is 1. The van der Waals surface area contributed by atoms with Gasteiger partial charge in [-0.3, -0.25) is 19.1 Å². The van der Waals surface area contributed by atoms with Gasteiger partial charge in [-0.25, -0.2) is 14.8 Å². The fraction of sp³-hybridized carbons (Fsp3) is 0.118. The molecule has 0 spiro atoms. The van der Waals surface area contributed by atoms with E-state index in [1.807, 2.05) is 0 Å². The van der Waals surface area contributed by atoms with E-state index in [9.17, 15) is 14.4 Å². The van der Waals surface area contributed by atoms with Crippen molar-refractivity contribution in [3.05, 3.63) is 68.4 Å². The molecule has 130 valence electrons. The number of aromatic nitrogens is 4. The molecule has 1 aromatic carbocycles. The lowest BCUT2D eigenvalue weighted by Gasteiger charge is -2.08. The minimum absolute atomic E-state index is 0.0630. The molecule has 0 aliphatic carbocycles. The average Bonchev–Trinajstić information content (AvgIpc) is 3.12. The number of hydrogen-bond acceptors (Lipinski definition) is 6. The highest BCUT2D eigenvalue weighted by Crippen LogP contribution is 2.18. The highest BCUT2D eigenvalue weighted by Gasteiger charge is 2.10. The summed E-state index contributed by atoms with van der Waals surface area (Å²) in [6.07, 6.45) is 1.50. The Morgan fingerprint density at radius 1 is 1.23 bits per heavy atom. The first kappa shape index (κ1) is 16.2. The minimum Gasteiger partial charge on any atom is -0.350 e. The molecule has 2 N–H and O–H groups in total. The summed E-state index contributed by atoms with van der Waals surface area (Å²) >= 11 is 1.46. The number of amides is 1. The third-order valence-corrected chi connectivity index (χ3v) is 4.76. The molecule has 3 heterocycles. The summed E-state index contributed by atoms with van der Waals surface area (Å²) in [5.74, 6) is -0.271. The molecule has 0 saturated carbocycles. The van der Waals surface area contributed by atoms with E-state index in [2.05, 4.69) is 20.3 Å². The standard InChI is InChI=1S/C17H13N5O3S/c23-15(10-3-4-12-13(8-10)26-9-20-12)19-6-7-22-16(24)11-2-1-5-18-14(11)21-17(22)25/h1-5,8-9H,6-7H2,(H,19,23)(H,18,21,25). The van der Waals surface area contributed by atoms with E-state index in [0.29, 0.717) is 10.9 Å². The number of nitrogens with zero attached hydrogens (tertiary/aromatic N) is 3. The van der Waals surface area contributed by atoms with Gasteiger partial charge in [0.1, 0.15) is 5.65 Å². The highest BCUT2D eigenvalue weighted by molar-refractivity contribution is 7.16. The van der Waals surface area contributed by atoms with Crippen LogP contribution in [0, 0.1) is 0 Å². The second-order valence-electron chi connectivity index (χ2n) is 5.58. The van der Waals surface area contributed by atoms with E-state index in [0.717, 1.165) is 14.8 Å². The Labute approximate surface area is 150 Å². The molecule has 4 rings (SSSR count). The zero-order chi connectivity index (χ0) is 18.1. The van der Waals surface area contributed by atoms with Crippen LogP contribution in [-0.2, 0) is 6.54 Å². The summed E-state index contributed by atoms with van der Waals surface area (Å²) in [7, 11) is 0. The molecule has 1 amide bonds. The maximum absolute atomic E-state index is 12.4. The van der Waals surface area contributed by atoms with Crippen LogP contribution >= 0.6 is 11.3 Å². The van der Waals surface area contributed by atoms with Gasteiger partial charge in [0, 0.05) is 24.8 Å². The van der Waals surface area contributed by atoms with Crippen molar-refractivity contribution in [1.82, 2.24) is 24.8 Å². The number of rotatable bonds is 4. The van der Waals surface area contributed by atoms with Crippen molar-refractivity contribution in [2.75, 3.05) is 6.54 Å². The highest BCUT2D eigenvalue weighted by atomic mass is 32.1. The van der Waals surface area contributed by atoms with Gasteiger partial charge in [-0.05, 0) is 30.3 Å². The molecule has 0 atom stereocenters. The van der Waals surface area contributed by atoms with Crippen LogP contribution in [0.2, 0.25) is 0 Å². The van der Waals surface area contributed by atoms with Gasteiger partial charge in [0.2, 0.25) is 0 Å². The molecule has 0 radical (unpaired) electrons. The van der Waals surface area contributed by atoms with Gasteiger partial charge in [-0.15, -0.1) is 11.3 Å². The number of carbonyl (C=O) groups is 1. The molecule has 0 aliphatic heterocycles. The largest absolute Gasteiger partial charge is 0.350 e. The zero-order valence-corrected chi connectivity index (χ0v) is 14.2. The minimum atomic E-state index is -0.554. The van der Waals surface area contributed by atoms with Crippen LogP contribution in [0.3, 0.4) is 0 Å². The Kier molecular flexibility index (Phi) is 4.05. The van der Waals surface area contributed by atoms with Crippen LogP contribution in [0.4, 0.5) is 0 Å². The molecule has 0 unspecified atom stereocenters. The summed E-state index contributed by atoms with van der Waals surface area (Å²) < 4.78 is 1.98. The molecule has 0 aliphatic rings. The number of nitrogens with one attached hydrogen (secondary N) is 2. The van der Waals surface area contributed by atoms with Crippen LogP contribution in [0.1, 0.15) is 10.4 Å². The number of H-pyrrole nitrogens is 1. The Morgan fingerprint density at radius 3 is 3.00 bits per heavy atom. The fourth-order valence-electron chi connectivity index (χ4n) is 2.67. The van der Waals surface area contributed by atoms with Crippen molar-refractivity contribution >= 4 is 38.5 Å². The topological polar surface area (TPSA) is 110 Å². The SMILES string of the molecule is O=C(NCCn1c(=O)[nH]c2ncccc2c1=O)c1ccc2ncsc2c1. The summed E-state index contributed by atoms with van der Waals surface area (Å²) in [5.41, 5.74) is 2.33. The predicted octanol–water partition coefficient (Wildman–Crippen LogP) is 1.12. The normalized spacial score (nSPS) is 11.1. The van der Waals surface area contributed by atoms with Crippen LogP contribution in [-0.4, -0.2) is 32.0 Å². The lowest BCUT2D eigenvalue weighted by atomic mass is 10.2. The van der Waals surface area contributed by atoms with Gasteiger partial charge < -0.3 is 5.32 Å². The second-order valence-corrected chi connectivity index (χ2v) is 6.46. The number of carbonyl (C=O) groups excluding carboxylic acids is 1. The molecule has 0 saturated heterocycles. The van der Waals surface area contributed by atoms with E-state index in [-0.39, 0.29) is 24.6 Å². The summed E-state index contributed by atoms with van der Waals surface area (Å²) in [6, 6.07) is 8.47. The molecule has 0 fully saturated rings. The lowest BCUT2D eigenvalue weighted by Crippen LogP contribution is -2.39. The maximum Gasteiger partial charge on any atom is 0.330 e. The third-order valence-electron chi connectivity index (χ3n) is 3.97. The zero-order valence-electron chi connectivity index (χ0n) is 13.4. The summed E-state index contributed by atoms with van der Waals surface area (Å²) in [4.78, 5) is 47.4. The van der Waals surface area contributed by atoms with Crippen molar-refractivity contribution in [2.45, 2.75) is 6.54 Å². The van der Waals surface area contributed by atoms with E-state index in [4.69, 9.17) is 0 Å². The molecular weight excluding hydrogens is 354 g/mol. The smallest absolute Gasteiger partial charge is 0.330 e. The molecule has 9 heteroatoms. The van der Waals surface area contributed by atoms with Crippen LogP contribution in [0.5, 0.6) is 0 Å². The Balaban J connectivity index is 1.51. The Bertz CT molecular complexity index is 1240. The average molecular weight is 367 g/mol. The van der Waals surface area contributed by atoms with Gasteiger partial charge in [0.05, 0.1) is 21.1 Å². The molecule has 0 bridgehead atoms. The van der Waals surface area contributed by atoms with Crippen LogP contribution in [0.15, 0.2) is 51.6 Å². The monoisotopic (exact) mass is 367 g/mol. The number of hydrogen-bond donors (Lipinski definition) is 2. The predicted molar refractivity (Wildman–Crippen MR) is 98.6 cm³/mol. The van der Waals surface area contributed by atoms with Crippen molar-refractivity contribution in [3.8, 4) is 0 Å². The summed E-state index contributed by atoms with van der Waals surface area (Å²) in [5, 5.41) is 3.05. The number of aromatic amines is 1.